The first-order chi connectivity index (χ1) is 15.9. The zero-order chi connectivity index (χ0) is 23.1. The van der Waals surface area contributed by atoms with E-state index in [-0.39, 0.29) is 17.3 Å². The van der Waals surface area contributed by atoms with Crippen LogP contribution in [0.1, 0.15) is 24.6 Å². The zero-order valence-corrected chi connectivity index (χ0v) is 18.2. The normalized spacial score (nSPS) is 12.2. The lowest BCUT2D eigenvalue weighted by atomic mass is 10.2. The first kappa shape index (κ1) is 20.6. The average molecular weight is 465 g/mol. The minimum absolute atomic E-state index is 0.161. The van der Waals surface area contributed by atoms with Crippen molar-refractivity contribution in [1.82, 2.24) is 39.9 Å². The van der Waals surface area contributed by atoms with Gasteiger partial charge in [0.25, 0.3) is 11.4 Å². The van der Waals surface area contributed by atoms with Crippen LogP contribution >= 0.6 is 11.6 Å². The molecule has 0 amide bonds. The van der Waals surface area contributed by atoms with Gasteiger partial charge in [-0.05, 0) is 26.0 Å². The number of aromatic nitrogens is 8. The largest absolute Gasteiger partial charge is 0.383 e. The molecule has 1 unspecified atom stereocenters. The van der Waals surface area contributed by atoms with Crippen molar-refractivity contribution in [3.05, 3.63) is 63.9 Å². The van der Waals surface area contributed by atoms with E-state index in [1.54, 1.807) is 31.3 Å². The van der Waals surface area contributed by atoms with E-state index < -0.39 is 6.04 Å². The summed E-state index contributed by atoms with van der Waals surface area (Å²) in [6.07, 6.45) is 4.43. The Kier molecular flexibility index (Phi) is 4.98. The highest BCUT2D eigenvalue weighted by Gasteiger charge is 2.23. The van der Waals surface area contributed by atoms with Gasteiger partial charge in [-0.1, -0.05) is 22.8 Å². The third kappa shape index (κ3) is 3.55. The molecule has 0 radical (unpaired) electrons. The lowest BCUT2D eigenvalue weighted by molar-refractivity contribution is 0.425. The number of aryl methyl sites for hydroxylation is 1. The molecular weight excluding hydrogens is 448 g/mol. The number of nitrogens with zero attached hydrogens (tertiary/aromatic N) is 7. The molecule has 0 aliphatic rings. The number of nitrogens with two attached hydrogens (primary N) is 1. The van der Waals surface area contributed by atoms with Gasteiger partial charge in [-0.15, -0.1) is 0 Å². The molecule has 0 fully saturated rings. The summed E-state index contributed by atoms with van der Waals surface area (Å²) < 4.78 is 6.71. The summed E-state index contributed by atoms with van der Waals surface area (Å²) in [6, 6.07) is 4.60. The Morgan fingerprint density at radius 2 is 2.12 bits per heavy atom. The number of benzene rings is 1. The Morgan fingerprint density at radius 1 is 1.27 bits per heavy atom. The molecule has 0 aliphatic carbocycles. The minimum atomic E-state index is -0.520. The molecule has 1 aromatic carbocycles. The first-order valence-corrected chi connectivity index (χ1v) is 10.2. The summed E-state index contributed by atoms with van der Waals surface area (Å²) in [5.41, 5.74) is 7.08. The highest BCUT2D eigenvalue weighted by molar-refractivity contribution is 6.35. The Labute approximate surface area is 190 Å². The number of nitrogen functional groups attached to an aromatic ring is 1. The number of anilines is 2. The van der Waals surface area contributed by atoms with Crippen molar-refractivity contribution in [2.75, 3.05) is 11.1 Å². The van der Waals surface area contributed by atoms with Crippen molar-refractivity contribution in [3.63, 3.8) is 0 Å². The summed E-state index contributed by atoms with van der Waals surface area (Å²) in [4.78, 5) is 30.7. The van der Waals surface area contributed by atoms with Crippen LogP contribution in [0.4, 0.5) is 11.6 Å². The number of aromatic amines is 1. The third-order valence-electron chi connectivity index (χ3n) is 4.97. The molecule has 13 heteroatoms. The van der Waals surface area contributed by atoms with Crippen LogP contribution in [0.3, 0.4) is 0 Å². The highest BCUT2D eigenvalue weighted by Crippen LogP contribution is 2.32. The summed E-state index contributed by atoms with van der Waals surface area (Å²) >= 11 is 6.32. The van der Waals surface area contributed by atoms with Gasteiger partial charge in [0.15, 0.2) is 5.82 Å². The maximum absolute atomic E-state index is 13.5. The van der Waals surface area contributed by atoms with Crippen molar-refractivity contribution in [3.8, 4) is 17.1 Å². The number of H-pyrrole nitrogens is 1. The van der Waals surface area contributed by atoms with E-state index in [1.165, 1.54) is 17.1 Å². The molecule has 166 valence electrons. The molecule has 4 heterocycles. The maximum atomic E-state index is 13.5. The van der Waals surface area contributed by atoms with Crippen LogP contribution in [0.2, 0.25) is 5.02 Å². The molecule has 5 rings (SSSR count). The number of hydrogen-bond acceptors (Lipinski definition) is 10. The van der Waals surface area contributed by atoms with E-state index in [4.69, 9.17) is 26.8 Å². The number of fused-ring (bicyclic) bond motifs is 1. The van der Waals surface area contributed by atoms with Crippen molar-refractivity contribution in [1.29, 1.82) is 0 Å². The molecular formula is C20H17ClN10O2. The lowest BCUT2D eigenvalue weighted by Crippen LogP contribution is -2.27. The molecule has 1 atom stereocenters. The van der Waals surface area contributed by atoms with Gasteiger partial charge < -0.3 is 15.6 Å². The zero-order valence-electron chi connectivity index (χ0n) is 17.4. The summed E-state index contributed by atoms with van der Waals surface area (Å²) in [5, 5.41) is 14.4. The van der Waals surface area contributed by atoms with Crippen LogP contribution in [0.15, 0.2) is 46.2 Å². The minimum Gasteiger partial charge on any atom is -0.383 e. The van der Waals surface area contributed by atoms with E-state index in [0.717, 1.165) is 0 Å². The topological polar surface area (TPSA) is 166 Å². The van der Waals surface area contributed by atoms with Crippen molar-refractivity contribution >= 4 is 34.1 Å². The summed E-state index contributed by atoms with van der Waals surface area (Å²) in [5.74, 6) is 1.52. The Hall–Kier alpha value is -4.32. The fraction of sp³-hybridized carbons (Fsp3) is 0.150. The number of nitrogens with one attached hydrogen (secondary N) is 2. The standard InChI is InChI=1S/C20H17ClN10O2/c1-9(27-17-15(16(22)23-8-24-17)19-28-10(2)30-33-19)18-29-13-5-3-4-12(21)14(13)20(32)31(18)11-6-25-26-7-11/h3-9H,1-2H3,(H,25,26)(H3,22,23,24,27). The lowest BCUT2D eigenvalue weighted by Gasteiger charge is -2.20. The second-order valence-corrected chi connectivity index (χ2v) is 7.60. The predicted octanol–water partition coefficient (Wildman–Crippen LogP) is 2.67. The van der Waals surface area contributed by atoms with E-state index >= 15 is 0 Å². The average Bonchev–Trinajstić information content (AvgIpc) is 3.45. The summed E-state index contributed by atoms with van der Waals surface area (Å²) in [6.45, 7) is 3.52. The smallest absolute Gasteiger partial charge is 0.267 e. The Bertz CT molecular complexity index is 1530. The molecule has 0 saturated carbocycles. The van der Waals surface area contributed by atoms with E-state index in [9.17, 15) is 4.79 Å². The van der Waals surface area contributed by atoms with Crippen LogP contribution in [0.25, 0.3) is 28.0 Å². The van der Waals surface area contributed by atoms with Gasteiger partial charge in [-0.25, -0.2) is 15.0 Å². The SMILES string of the molecule is Cc1noc(-c2c(N)ncnc2NC(C)c2nc3cccc(Cl)c3c(=O)n2-c2cn[nH]c2)n1. The number of halogens is 1. The molecule has 0 aliphatic heterocycles. The van der Waals surface area contributed by atoms with Gasteiger partial charge in [0.05, 0.1) is 33.9 Å². The molecule has 5 aromatic rings. The fourth-order valence-electron chi connectivity index (χ4n) is 3.50. The van der Waals surface area contributed by atoms with Crippen molar-refractivity contribution in [2.24, 2.45) is 0 Å². The molecule has 33 heavy (non-hydrogen) atoms. The van der Waals surface area contributed by atoms with E-state index in [0.29, 0.717) is 44.6 Å². The van der Waals surface area contributed by atoms with Gasteiger partial charge in [0.2, 0.25) is 0 Å². The van der Waals surface area contributed by atoms with Gasteiger partial charge in [0, 0.05) is 6.20 Å². The third-order valence-corrected chi connectivity index (χ3v) is 5.29. The molecule has 0 saturated heterocycles. The monoisotopic (exact) mass is 464 g/mol. The molecule has 0 bridgehead atoms. The molecule has 12 nitrogen and oxygen atoms in total. The van der Waals surface area contributed by atoms with Gasteiger partial charge in [-0.2, -0.15) is 10.1 Å². The second-order valence-electron chi connectivity index (χ2n) is 7.20. The van der Waals surface area contributed by atoms with Crippen LogP contribution in [-0.4, -0.2) is 39.9 Å². The summed E-state index contributed by atoms with van der Waals surface area (Å²) in [7, 11) is 0. The van der Waals surface area contributed by atoms with Crippen molar-refractivity contribution in [2.45, 2.75) is 19.9 Å². The number of rotatable bonds is 5. The molecule has 4 N–H and O–H groups in total. The maximum Gasteiger partial charge on any atom is 0.267 e. The fourth-order valence-corrected chi connectivity index (χ4v) is 3.75. The van der Waals surface area contributed by atoms with Crippen molar-refractivity contribution < 1.29 is 4.52 Å². The van der Waals surface area contributed by atoms with E-state index in [1.807, 2.05) is 6.92 Å². The predicted molar refractivity (Wildman–Crippen MR) is 121 cm³/mol. The Morgan fingerprint density at radius 3 is 2.85 bits per heavy atom. The van der Waals surface area contributed by atoms with Gasteiger partial charge in [-0.3, -0.25) is 14.5 Å². The highest BCUT2D eigenvalue weighted by atomic mass is 35.5. The van der Waals surface area contributed by atoms with Crippen LogP contribution in [-0.2, 0) is 0 Å². The Balaban J connectivity index is 1.66. The van der Waals surface area contributed by atoms with Gasteiger partial charge in [0.1, 0.15) is 29.4 Å². The number of hydrogen-bond donors (Lipinski definition) is 3. The quantitative estimate of drug-likeness (QED) is 0.351. The van der Waals surface area contributed by atoms with Crippen LogP contribution < -0.4 is 16.6 Å². The molecule has 4 aromatic heterocycles. The van der Waals surface area contributed by atoms with Crippen LogP contribution in [0, 0.1) is 6.92 Å². The molecule has 0 spiro atoms. The second kappa shape index (κ2) is 7.98. The van der Waals surface area contributed by atoms with E-state index in [2.05, 4.69) is 35.6 Å². The van der Waals surface area contributed by atoms with Crippen LogP contribution in [0.5, 0.6) is 0 Å². The van der Waals surface area contributed by atoms with Gasteiger partial charge >= 0.3 is 0 Å². The first-order valence-electron chi connectivity index (χ1n) is 9.82.